The first-order chi connectivity index (χ1) is 51.2. The van der Waals surface area contributed by atoms with Crippen LogP contribution in [-0.4, -0.2) is 133 Å². The van der Waals surface area contributed by atoms with Crippen molar-refractivity contribution in [1.29, 1.82) is 0 Å². The molecule has 24 aliphatic carbocycles. The number of carboxylic acid groups (broad SMARTS) is 3. The van der Waals surface area contributed by atoms with Gasteiger partial charge in [0.15, 0.2) is 0 Å². The molecule has 0 radical (unpaired) electrons. The number of hydrogen-bond acceptors (Lipinski definition) is 14. The zero-order valence-corrected chi connectivity index (χ0v) is 70.7. The van der Waals surface area contributed by atoms with Crippen LogP contribution >= 0.6 is 0 Å². The van der Waals surface area contributed by atoms with Gasteiger partial charge in [-0.05, 0) is 372 Å². The summed E-state index contributed by atoms with van der Waals surface area (Å²) in [7, 11) is 1.39. The lowest BCUT2D eigenvalue weighted by Crippen LogP contribution is -2.67. The van der Waals surface area contributed by atoms with Crippen molar-refractivity contribution in [2.45, 2.75) is 369 Å². The molecule has 622 valence electrons. The number of carbonyl (C=O) groups excluding carboxylic acids is 3. The van der Waals surface area contributed by atoms with Gasteiger partial charge in [0, 0.05) is 11.5 Å². The molecule has 1 saturated heterocycles. The standard InChI is InChI=1S/C17H29BN2O4.C15H23N3O2.2C15H24O2.C14H22O3.C14H22O2/c1-15-5-11-6-16(8-15,10-17(22,7-11)9-15)13(19)14(21)20-4-2-3-12(20)18(23)24;1-13-4-10-5-14(2,7-13)9-15(6-10,8-13)11(17-18-16)12(19)20-3;1-13-4-11-5-14(2,8-13)10-15(6-11,9-13)7-12(16)17-3;1-10(12(16)17)15-6-11-4-13(2,8-15)7-14(3,5-11)9-15;1-9(11(15)16)13-4-10-3-12(2,6-13)7-14(17,5-10)8-13;1-12-3-10-4-13(2,7-12)9-14(5-10,8-12)6-11(15)16/h11-13,22-24H,2-10,19H2,1H3;10-11H,4-9H2,1-3H3;11H,4-10H2,1-3H3;10-11H,4-9H2,1-3H3,(H,16,17);9-10,17H,3-8H2,1-2H3,(H,15,16);10H,3-9H2,1-2H3,(H,15,16)/t11?,12-,13+,15?,16?,17?;;;;;/m0...../s1. The highest BCUT2D eigenvalue weighted by atomic mass is 16.5. The Bertz CT molecular complexity index is 3540. The Kier molecular flexibility index (Phi) is 20.7. The Morgan fingerprint density at radius 3 is 1.11 bits per heavy atom. The van der Waals surface area contributed by atoms with Gasteiger partial charge < -0.3 is 55.7 Å². The molecule has 21 atom stereocenters. The number of aliphatic carboxylic acids is 3. The van der Waals surface area contributed by atoms with Crippen molar-refractivity contribution < 1.29 is 73.8 Å². The number of amides is 1. The zero-order valence-electron chi connectivity index (χ0n) is 70.7. The molecule has 0 aromatic heterocycles. The summed E-state index contributed by atoms with van der Waals surface area (Å²) in [4.78, 5) is 75.3. The Morgan fingerprint density at radius 1 is 0.450 bits per heavy atom. The fraction of sp³-hybridized carbons (Fsp3) is 0.933. The summed E-state index contributed by atoms with van der Waals surface area (Å²) >= 11 is 0. The van der Waals surface area contributed by atoms with Crippen molar-refractivity contribution >= 4 is 42.9 Å². The first-order valence-electron chi connectivity index (χ1n) is 43.9. The molecule has 1 heterocycles. The van der Waals surface area contributed by atoms with Gasteiger partial charge in [0.2, 0.25) is 5.91 Å². The molecule has 25 fully saturated rings. The quantitative estimate of drug-likeness (QED) is 0.0263. The van der Waals surface area contributed by atoms with Crippen molar-refractivity contribution in [2.75, 3.05) is 20.8 Å². The number of aliphatic hydroxyl groups is 2. The highest BCUT2D eigenvalue weighted by Crippen LogP contribution is 2.76. The number of ether oxygens (including phenoxy) is 2. The van der Waals surface area contributed by atoms with Gasteiger partial charge in [0.1, 0.15) is 6.04 Å². The molecule has 1 amide bonds. The summed E-state index contributed by atoms with van der Waals surface area (Å²) < 4.78 is 9.83. The smallest absolute Gasteiger partial charge is 0.475 e. The molecule has 25 rings (SSSR count). The van der Waals surface area contributed by atoms with Crippen LogP contribution in [0.15, 0.2) is 5.11 Å². The molecule has 111 heavy (non-hydrogen) atoms. The van der Waals surface area contributed by atoms with Gasteiger partial charge >= 0.3 is 37.0 Å². The van der Waals surface area contributed by atoms with Gasteiger partial charge in [0.05, 0.1) is 62.1 Å². The maximum atomic E-state index is 13.1. The highest BCUT2D eigenvalue weighted by molar-refractivity contribution is 6.43. The van der Waals surface area contributed by atoms with E-state index in [1.165, 1.54) is 143 Å². The van der Waals surface area contributed by atoms with E-state index in [1.54, 1.807) is 4.90 Å². The van der Waals surface area contributed by atoms with E-state index in [2.05, 4.69) is 79.3 Å². The normalized spacial score (nSPS) is 50.9. The fourth-order valence-corrected chi connectivity index (χ4v) is 38.0. The average molecular weight is 1550 g/mol. The third-order valence-electron chi connectivity index (χ3n) is 35.4. The number of methoxy groups -OCH3 is 2. The van der Waals surface area contributed by atoms with Gasteiger partial charge in [-0.25, -0.2) is 0 Å². The van der Waals surface area contributed by atoms with Crippen LogP contribution in [0.4, 0.5) is 0 Å². The number of azide groups is 1. The van der Waals surface area contributed by atoms with Crippen LogP contribution in [0.2, 0.25) is 0 Å². The van der Waals surface area contributed by atoms with Crippen LogP contribution in [0.3, 0.4) is 0 Å². The third kappa shape index (κ3) is 15.8. The molecule has 21 heteroatoms. The van der Waals surface area contributed by atoms with E-state index in [0.29, 0.717) is 99.7 Å². The summed E-state index contributed by atoms with van der Waals surface area (Å²) in [5, 5.41) is 72.5. The lowest BCUT2D eigenvalue weighted by molar-refractivity contribution is -0.212. The van der Waals surface area contributed by atoms with Gasteiger partial charge in [-0.3, -0.25) is 28.8 Å². The van der Waals surface area contributed by atoms with E-state index in [4.69, 9.17) is 25.8 Å². The van der Waals surface area contributed by atoms with Gasteiger partial charge in [-0.15, -0.1) is 0 Å². The molecule has 20 nitrogen and oxygen atoms in total. The van der Waals surface area contributed by atoms with Crippen molar-refractivity contribution in [3.8, 4) is 0 Å². The minimum Gasteiger partial charge on any atom is -0.481 e. The van der Waals surface area contributed by atoms with E-state index in [9.17, 15) is 59.2 Å². The number of rotatable bonds is 14. The summed E-state index contributed by atoms with van der Waals surface area (Å²) in [6.07, 6.45) is 43.1. The van der Waals surface area contributed by atoms with E-state index in [1.807, 2.05) is 13.8 Å². The minimum absolute atomic E-state index is 0.000787. The first-order valence-corrected chi connectivity index (χ1v) is 43.9. The minimum atomic E-state index is -1.51. The number of carboxylic acids is 3. The monoisotopic (exact) mass is 1550 g/mol. The molecule has 9 N–H and O–H groups in total. The van der Waals surface area contributed by atoms with Crippen molar-refractivity contribution in [2.24, 2.45) is 145 Å². The molecular formula is C90H144BN5O15. The third-order valence-corrected chi connectivity index (χ3v) is 35.4. The van der Waals surface area contributed by atoms with Crippen LogP contribution in [-0.2, 0) is 38.2 Å². The number of esters is 2. The second-order valence-corrected chi connectivity index (χ2v) is 48.8. The van der Waals surface area contributed by atoms with Crippen LogP contribution in [0.25, 0.3) is 10.4 Å². The second kappa shape index (κ2) is 27.5. The maximum Gasteiger partial charge on any atom is 0.475 e. The zero-order chi connectivity index (χ0) is 80.8. The molecule has 24 bridgehead atoms. The Balaban J connectivity index is 0.000000111. The number of hydrogen-bond donors (Lipinski definition) is 8. The number of carbonyl (C=O) groups is 6. The van der Waals surface area contributed by atoms with Gasteiger partial charge in [0.25, 0.3) is 0 Å². The van der Waals surface area contributed by atoms with Gasteiger partial charge in [-0.1, -0.05) is 88.2 Å². The summed E-state index contributed by atoms with van der Waals surface area (Å²) in [6, 6.07) is -1.31. The van der Waals surface area contributed by atoms with Crippen LogP contribution in [0.5, 0.6) is 0 Å². The first kappa shape index (κ1) is 83.5. The largest absolute Gasteiger partial charge is 0.481 e. The molecule has 25 aliphatic rings. The molecule has 19 unspecified atom stereocenters. The van der Waals surface area contributed by atoms with E-state index >= 15 is 0 Å². The Hall–Kier alpha value is -4.01. The van der Waals surface area contributed by atoms with Crippen molar-refractivity contribution in [3.63, 3.8) is 0 Å². The number of nitrogens with zero attached hydrogens (tertiary/aromatic N) is 4. The Morgan fingerprint density at radius 2 is 0.775 bits per heavy atom. The molecule has 0 aromatic rings. The van der Waals surface area contributed by atoms with E-state index in [0.717, 1.165) is 114 Å². The number of likely N-dealkylation sites (tertiary alicyclic amines) is 1. The predicted molar refractivity (Wildman–Crippen MR) is 423 cm³/mol. The Labute approximate surface area is 663 Å². The molecule has 1 aliphatic heterocycles. The maximum absolute atomic E-state index is 13.1. The van der Waals surface area contributed by atoms with Crippen LogP contribution < -0.4 is 5.73 Å². The molecule has 24 saturated carbocycles. The average Bonchev–Trinajstić information content (AvgIpc) is 1.04. The number of nitrogens with two attached hydrogens (primary N) is 1. The highest BCUT2D eigenvalue weighted by Gasteiger charge is 2.70. The lowest BCUT2D eigenvalue weighted by atomic mass is 9.38. The molecular weight excluding hydrogens is 1400 g/mol. The molecule has 0 aromatic carbocycles. The summed E-state index contributed by atoms with van der Waals surface area (Å²) in [5.41, 5.74) is 17.6. The summed E-state index contributed by atoms with van der Waals surface area (Å²) in [5.74, 6) is 0.707. The van der Waals surface area contributed by atoms with Gasteiger partial charge in [-0.2, -0.15) is 0 Å². The lowest BCUT2D eigenvalue weighted by Gasteiger charge is -2.66. The van der Waals surface area contributed by atoms with Crippen molar-refractivity contribution in [1.82, 2.24) is 4.90 Å². The van der Waals surface area contributed by atoms with Crippen LogP contribution in [0, 0.1) is 134 Å². The topological polar surface area (TPSA) is 341 Å². The fourth-order valence-electron chi connectivity index (χ4n) is 38.0. The summed E-state index contributed by atoms with van der Waals surface area (Å²) in [6.45, 7) is 28.0. The van der Waals surface area contributed by atoms with Crippen molar-refractivity contribution in [3.05, 3.63) is 10.4 Å². The predicted octanol–water partition coefficient (Wildman–Crippen LogP) is 17.0. The molecule has 0 spiro atoms. The van der Waals surface area contributed by atoms with E-state index in [-0.39, 0.29) is 73.0 Å². The van der Waals surface area contributed by atoms with Crippen LogP contribution in [0.1, 0.15) is 340 Å². The second-order valence-electron chi connectivity index (χ2n) is 48.8. The van der Waals surface area contributed by atoms with E-state index < -0.39 is 54.3 Å². The SMILES string of the molecule is CC(C(=O)O)C12CC3CC(C)(CC(C)(C3)C1)C2.CC(C(=O)O)C12CC3CC(C)(CC(O)(C3)C1)C2.CC12CC3CC(C)(C1)CC(CC(=O)O)(C3)C2.CC12CC3CC(O)(C1)CC([C@H](N)C(=O)N1CCC[C@H]1B(O)O)(C3)C2.COC(=O)C(N=[N+]=[N-])C12CC3CC(C)(CC(C)(C3)C1)C2.COC(=O)CC12CC3CC(C)(CC(C)(C3)C1)C2.